The number of nitrogens with one attached hydrogen (secondary N) is 1. The summed E-state index contributed by atoms with van der Waals surface area (Å²) >= 11 is 0. The zero-order valence-electron chi connectivity index (χ0n) is 6.58. The highest BCUT2D eigenvalue weighted by atomic mass is 16.5. The maximum atomic E-state index is 7.32. The molecule has 0 saturated heterocycles. The lowest BCUT2D eigenvalue weighted by Gasteiger charge is -2.04. The van der Waals surface area contributed by atoms with Crippen molar-refractivity contribution in [2.45, 2.75) is 5.92 Å². The fraction of sp³-hybridized carbons (Fsp3) is 0.222. The van der Waals surface area contributed by atoms with Crippen LogP contribution >= 0.6 is 0 Å². The van der Waals surface area contributed by atoms with Gasteiger partial charge in [-0.3, -0.25) is 5.41 Å². The summed E-state index contributed by atoms with van der Waals surface area (Å²) < 4.78 is 5.35. The first-order valence-electron chi connectivity index (χ1n) is 3.84. The van der Waals surface area contributed by atoms with E-state index in [-0.39, 0.29) is 11.8 Å². The quantitative estimate of drug-likeness (QED) is 0.480. The van der Waals surface area contributed by atoms with Gasteiger partial charge < -0.3 is 10.5 Å². The van der Waals surface area contributed by atoms with Crippen LogP contribution in [0.3, 0.4) is 0 Å². The van der Waals surface area contributed by atoms with Crippen LogP contribution in [0.2, 0.25) is 0 Å². The van der Waals surface area contributed by atoms with Gasteiger partial charge in [0, 0.05) is 5.56 Å². The Morgan fingerprint density at radius 2 is 2.25 bits per heavy atom. The van der Waals surface area contributed by atoms with Crippen LogP contribution in [0, 0.1) is 5.41 Å². The van der Waals surface area contributed by atoms with Crippen molar-refractivity contribution < 1.29 is 4.74 Å². The van der Waals surface area contributed by atoms with Gasteiger partial charge in [0.05, 0.1) is 5.92 Å². The van der Waals surface area contributed by atoms with E-state index < -0.39 is 0 Å². The molecule has 1 aromatic rings. The number of hydrogen-bond acceptors (Lipinski definition) is 2. The van der Waals surface area contributed by atoms with Crippen LogP contribution in [0.5, 0.6) is 5.75 Å². The molecule has 0 spiro atoms. The van der Waals surface area contributed by atoms with Crippen LogP contribution in [0.15, 0.2) is 24.3 Å². The molecule has 0 saturated carbocycles. The molecule has 1 atom stereocenters. The molecule has 1 heterocycles. The average Bonchev–Trinajstić information content (AvgIpc) is 2.47. The van der Waals surface area contributed by atoms with Crippen LogP contribution in [0.1, 0.15) is 11.5 Å². The minimum Gasteiger partial charge on any atom is -0.492 e. The highest BCUT2D eigenvalue weighted by Gasteiger charge is 2.25. The molecule has 1 aromatic carbocycles. The molecule has 3 nitrogen and oxygen atoms in total. The molecule has 62 valence electrons. The first-order chi connectivity index (χ1) is 5.79. The number of ether oxygens (including phenoxy) is 1. The van der Waals surface area contributed by atoms with Crippen molar-refractivity contribution in [2.24, 2.45) is 5.73 Å². The van der Waals surface area contributed by atoms with E-state index in [4.69, 9.17) is 15.9 Å². The van der Waals surface area contributed by atoms with Crippen LogP contribution in [0.4, 0.5) is 0 Å². The Morgan fingerprint density at radius 3 is 3.00 bits per heavy atom. The minimum atomic E-state index is -0.0406. The van der Waals surface area contributed by atoms with Gasteiger partial charge in [-0.05, 0) is 6.07 Å². The number of nitrogens with two attached hydrogens (primary N) is 1. The summed E-state index contributed by atoms with van der Waals surface area (Å²) in [6.07, 6.45) is 0. The predicted molar refractivity (Wildman–Crippen MR) is 46.6 cm³/mol. The van der Waals surface area contributed by atoms with Gasteiger partial charge in [-0.15, -0.1) is 0 Å². The third kappa shape index (κ3) is 0.942. The van der Waals surface area contributed by atoms with E-state index >= 15 is 0 Å². The summed E-state index contributed by atoms with van der Waals surface area (Å²) in [6.45, 7) is 0.509. The van der Waals surface area contributed by atoms with Crippen molar-refractivity contribution in [1.29, 1.82) is 5.41 Å². The maximum Gasteiger partial charge on any atom is 0.123 e. The Bertz CT molecular complexity index is 322. The molecule has 0 radical (unpaired) electrons. The topological polar surface area (TPSA) is 59.1 Å². The molecule has 1 aliphatic heterocycles. The largest absolute Gasteiger partial charge is 0.492 e. The Balaban J connectivity index is 2.42. The van der Waals surface area contributed by atoms with Gasteiger partial charge in [-0.1, -0.05) is 18.2 Å². The predicted octanol–water partition coefficient (Wildman–Crippen LogP) is 1.10. The van der Waals surface area contributed by atoms with E-state index in [1.807, 2.05) is 24.3 Å². The van der Waals surface area contributed by atoms with Gasteiger partial charge in [0.1, 0.15) is 18.2 Å². The zero-order valence-corrected chi connectivity index (χ0v) is 6.58. The summed E-state index contributed by atoms with van der Waals surface area (Å²) in [6, 6.07) is 7.71. The lowest BCUT2D eigenvalue weighted by molar-refractivity contribution is 0.349. The molecule has 3 N–H and O–H groups in total. The third-order valence-corrected chi connectivity index (χ3v) is 2.08. The number of rotatable bonds is 1. The lowest BCUT2D eigenvalue weighted by atomic mass is 10.0. The fourth-order valence-corrected chi connectivity index (χ4v) is 1.42. The Morgan fingerprint density at radius 1 is 1.50 bits per heavy atom. The molecule has 2 rings (SSSR count). The smallest absolute Gasteiger partial charge is 0.123 e. The van der Waals surface area contributed by atoms with Crippen molar-refractivity contribution in [1.82, 2.24) is 0 Å². The molecule has 1 aliphatic rings. The molecular formula is C9H10N2O. The summed E-state index contributed by atoms with van der Waals surface area (Å²) in [5.41, 5.74) is 6.45. The number of hydrogen-bond donors (Lipinski definition) is 2. The summed E-state index contributed by atoms with van der Waals surface area (Å²) in [5.74, 6) is 0.999. The van der Waals surface area contributed by atoms with E-state index in [0.29, 0.717) is 6.61 Å². The van der Waals surface area contributed by atoms with Crippen LogP contribution in [0.25, 0.3) is 0 Å². The van der Waals surface area contributed by atoms with Crippen LogP contribution in [-0.2, 0) is 0 Å². The third-order valence-electron chi connectivity index (χ3n) is 2.08. The average molecular weight is 162 g/mol. The SMILES string of the molecule is N=C(N)C1COc2ccccc21. The van der Waals surface area contributed by atoms with E-state index in [1.54, 1.807) is 0 Å². The van der Waals surface area contributed by atoms with Crippen LogP contribution < -0.4 is 10.5 Å². The van der Waals surface area contributed by atoms with Crippen molar-refractivity contribution in [3.63, 3.8) is 0 Å². The molecular weight excluding hydrogens is 152 g/mol. The van der Waals surface area contributed by atoms with Crippen molar-refractivity contribution in [2.75, 3.05) is 6.61 Å². The highest BCUT2D eigenvalue weighted by Crippen LogP contribution is 2.32. The fourth-order valence-electron chi connectivity index (χ4n) is 1.42. The molecule has 3 heteroatoms. The Hall–Kier alpha value is -1.51. The van der Waals surface area contributed by atoms with Gasteiger partial charge in [0.2, 0.25) is 0 Å². The Kier molecular flexibility index (Phi) is 1.50. The summed E-state index contributed by atoms with van der Waals surface area (Å²) in [7, 11) is 0. The maximum absolute atomic E-state index is 7.32. The molecule has 0 bridgehead atoms. The number of fused-ring (bicyclic) bond motifs is 1. The molecule has 0 aliphatic carbocycles. The lowest BCUT2D eigenvalue weighted by Crippen LogP contribution is -2.21. The minimum absolute atomic E-state index is 0.0406. The first-order valence-corrected chi connectivity index (χ1v) is 3.84. The monoisotopic (exact) mass is 162 g/mol. The van der Waals surface area contributed by atoms with Gasteiger partial charge in [0.25, 0.3) is 0 Å². The van der Waals surface area contributed by atoms with E-state index in [1.165, 1.54) is 0 Å². The molecule has 0 amide bonds. The van der Waals surface area contributed by atoms with Crippen LogP contribution in [-0.4, -0.2) is 12.4 Å². The second-order valence-electron chi connectivity index (χ2n) is 2.86. The van der Waals surface area contributed by atoms with E-state index in [0.717, 1.165) is 11.3 Å². The normalized spacial score (nSPS) is 19.8. The van der Waals surface area contributed by atoms with E-state index in [9.17, 15) is 0 Å². The number of amidine groups is 1. The van der Waals surface area contributed by atoms with Gasteiger partial charge in [0.15, 0.2) is 0 Å². The van der Waals surface area contributed by atoms with Crippen molar-refractivity contribution in [3.05, 3.63) is 29.8 Å². The summed E-state index contributed by atoms with van der Waals surface area (Å²) in [4.78, 5) is 0. The standard InChI is InChI=1S/C9H10N2O/c10-9(11)7-5-12-8-4-2-1-3-6(7)8/h1-4,7H,5H2,(H3,10,11). The van der Waals surface area contributed by atoms with Gasteiger partial charge in [-0.25, -0.2) is 0 Å². The highest BCUT2D eigenvalue weighted by molar-refractivity contribution is 5.86. The molecule has 12 heavy (non-hydrogen) atoms. The van der Waals surface area contributed by atoms with Crippen molar-refractivity contribution in [3.8, 4) is 5.75 Å². The molecule has 0 aromatic heterocycles. The Labute approximate surface area is 70.7 Å². The van der Waals surface area contributed by atoms with Gasteiger partial charge in [-0.2, -0.15) is 0 Å². The zero-order chi connectivity index (χ0) is 8.55. The first kappa shape index (κ1) is 7.16. The molecule has 1 unspecified atom stereocenters. The van der Waals surface area contributed by atoms with Gasteiger partial charge >= 0.3 is 0 Å². The summed E-state index contributed by atoms with van der Waals surface area (Å²) in [5, 5.41) is 7.32. The second-order valence-corrected chi connectivity index (χ2v) is 2.86. The number of para-hydroxylation sites is 1. The van der Waals surface area contributed by atoms with E-state index in [2.05, 4.69) is 0 Å². The molecule has 0 fully saturated rings. The number of benzene rings is 1. The second kappa shape index (κ2) is 2.52. The van der Waals surface area contributed by atoms with Crippen molar-refractivity contribution >= 4 is 5.84 Å².